The van der Waals surface area contributed by atoms with Gasteiger partial charge in [0.2, 0.25) is 11.8 Å². The molecular formula is C32H47IN2O7. The van der Waals surface area contributed by atoms with Crippen LogP contribution in [0.3, 0.4) is 0 Å². The number of hydrogen-bond acceptors (Lipinski definition) is 7. The smallest absolute Gasteiger partial charge is 0.247 e. The topological polar surface area (TPSA) is 129 Å². The standard InChI is InChI=1S/C32H47IN2O7/c1-41-28-17-22(20-37)16-25(33)31(28)42-27-19-23(32(40)34-14-15-36)18-26(30(27)39)35(24-10-4-2-3-5-11-24)29(38)13-12-21-8-6-7-9-21/h16-17,19,21,24,26-27,30,36-37,39H,2-15,18,20H2,1H3,(H,34,40)/t26-,27+,30+/m1/s1. The normalized spacial score (nSPS) is 23.6. The molecule has 0 unspecified atom stereocenters. The molecule has 2 fully saturated rings. The van der Waals surface area contributed by atoms with Gasteiger partial charge in [-0.3, -0.25) is 9.59 Å². The number of aliphatic hydroxyl groups is 3. The summed E-state index contributed by atoms with van der Waals surface area (Å²) < 4.78 is 12.7. The Morgan fingerprint density at radius 1 is 1.05 bits per heavy atom. The number of benzene rings is 1. The lowest BCUT2D eigenvalue weighted by Crippen LogP contribution is -2.58. The second kappa shape index (κ2) is 16.3. The molecule has 0 spiro atoms. The van der Waals surface area contributed by atoms with E-state index < -0.39 is 18.2 Å². The molecule has 2 saturated carbocycles. The zero-order valence-corrected chi connectivity index (χ0v) is 26.9. The molecule has 3 aliphatic rings. The fraction of sp³-hybridized carbons (Fsp3) is 0.688. The zero-order valence-electron chi connectivity index (χ0n) is 24.7. The highest BCUT2D eigenvalue weighted by Gasteiger charge is 2.43. The van der Waals surface area contributed by atoms with Crippen molar-refractivity contribution in [2.45, 2.75) is 114 Å². The number of hydrogen-bond donors (Lipinski definition) is 4. The maximum Gasteiger partial charge on any atom is 0.247 e. The van der Waals surface area contributed by atoms with Crippen molar-refractivity contribution in [3.63, 3.8) is 0 Å². The third-order valence-corrected chi connectivity index (χ3v) is 9.85. The molecular weight excluding hydrogens is 651 g/mol. The van der Waals surface area contributed by atoms with Gasteiger partial charge in [-0.2, -0.15) is 0 Å². The van der Waals surface area contributed by atoms with Crippen LogP contribution < -0.4 is 14.8 Å². The molecule has 42 heavy (non-hydrogen) atoms. The van der Waals surface area contributed by atoms with Crippen LogP contribution in [-0.2, 0) is 16.2 Å². The van der Waals surface area contributed by atoms with Crippen LogP contribution in [-0.4, -0.2) is 76.6 Å². The third kappa shape index (κ3) is 8.39. The molecule has 0 aliphatic heterocycles. The fourth-order valence-corrected chi connectivity index (χ4v) is 7.61. The Morgan fingerprint density at radius 3 is 2.38 bits per heavy atom. The molecule has 10 heteroatoms. The quantitative estimate of drug-likeness (QED) is 0.190. The van der Waals surface area contributed by atoms with Crippen LogP contribution in [0.1, 0.15) is 89.0 Å². The number of nitrogens with one attached hydrogen (secondary N) is 1. The Balaban J connectivity index is 1.67. The summed E-state index contributed by atoms with van der Waals surface area (Å²) in [6, 6.07) is 2.85. The molecule has 4 rings (SSSR count). The van der Waals surface area contributed by atoms with Crippen molar-refractivity contribution < 1.29 is 34.4 Å². The minimum absolute atomic E-state index is 0.00207. The van der Waals surface area contributed by atoms with Crippen LogP contribution >= 0.6 is 22.6 Å². The number of methoxy groups -OCH3 is 1. The Labute approximate surface area is 263 Å². The van der Waals surface area contributed by atoms with Crippen molar-refractivity contribution in [3.05, 3.63) is 32.9 Å². The van der Waals surface area contributed by atoms with E-state index in [2.05, 4.69) is 27.9 Å². The molecule has 4 N–H and O–H groups in total. The van der Waals surface area contributed by atoms with Gasteiger partial charge in [-0.25, -0.2) is 0 Å². The van der Waals surface area contributed by atoms with Gasteiger partial charge in [-0.1, -0.05) is 51.4 Å². The first-order valence-electron chi connectivity index (χ1n) is 15.6. The number of ether oxygens (including phenoxy) is 2. The van der Waals surface area contributed by atoms with E-state index in [1.165, 1.54) is 32.8 Å². The van der Waals surface area contributed by atoms with E-state index in [4.69, 9.17) is 9.47 Å². The van der Waals surface area contributed by atoms with E-state index in [-0.39, 0.29) is 44.0 Å². The highest BCUT2D eigenvalue weighted by molar-refractivity contribution is 14.1. The number of halogens is 1. The van der Waals surface area contributed by atoms with Crippen LogP contribution in [0.15, 0.2) is 23.8 Å². The van der Waals surface area contributed by atoms with Crippen molar-refractivity contribution in [1.29, 1.82) is 0 Å². The summed E-state index contributed by atoms with van der Waals surface area (Å²) in [5, 5.41) is 33.6. The van der Waals surface area contributed by atoms with E-state index in [9.17, 15) is 24.9 Å². The molecule has 2 amide bonds. The van der Waals surface area contributed by atoms with Gasteiger partial charge in [0.25, 0.3) is 0 Å². The molecule has 0 bridgehead atoms. The Kier molecular flexibility index (Phi) is 12.8. The van der Waals surface area contributed by atoms with Gasteiger partial charge in [0, 0.05) is 31.0 Å². The van der Waals surface area contributed by atoms with E-state index in [1.54, 1.807) is 18.2 Å². The molecule has 3 aliphatic carbocycles. The van der Waals surface area contributed by atoms with Gasteiger partial charge in [0.15, 0.2) is 11.5 Å². The molecule has 9 nitrogen and oxygen atoms in total. The fourth-order valence-electron chi connectivity index (χ4n) is 6.81. The maximum absolute atomic E-state index is 14.1. The average Bonchev–Trinajstić information content (AvgIpc) is 3.38. The molecule has 0 radical (unpaired) electrons. The summed E-state index contributed by atoms with van der Waals surface area (Å²) in [6.45, 7) is -0.240. The van der Waals surface area contributed by atoms with Crippen molar-refractivity contribution in [1.82, 2.24) is 10.2 Å². The summed E-state index contributed by atoms with van der Waals surface area (Å²) in [5.41, 5.74) is 1.09. The monoisotopic (exact) mass is 698 g/mol. The van der Waals surface area contributed by atoms with Crippen molar-refractivity contribution >= 4 is 34.4 Å². The summed E-state index contributed by atoms with van der Waals surface area (Å²) in [7, 11) is 1.51. The number of carbonyl (C=O) groups is 2. The highest BCUT2D eigenvalue weighted by Crippen LogP contribution is 2.38. The minimum Gasteiger partial charge on any atom is -0.493 e. The van der Waals surface area contributed by atoms with Crippen LogP contribution in [0.2, 0.25) is 0 Å². The van der Waals surface area contributed by atoms with Crippen LogP contribution in [0.5, 0.6) is 11.5 Å². The molecule has 1 aromatic carbocycles. The molecule has 3 atom stereocenters. The SMILES string of the molecule is COc1cc(CO)cc(I)c1O[C@H]1C=C(C(=O)NCCO)C[C@@H](N(C(=O)CCC2CCCC2)C2CCCCCC2)[C@@H]1O. The van der Waals surface area contributed by atoms with E-state index in [0.717, 1.165) is 44.9 Å². The van der Waals surface area contributed by atoms with Gasteiger partial charge in [-0.15, -0.1) is 0 Å². The summed E-state index contributed by atoms with van der Waals surface area (Å²) in [6.07, 6.45) is 12.1. The summed E-state index contributed by atoms with van der Waals surface area (Å²) in [4.78, 5) is 29.2. The zero-order chi connectivity index (χ0) is 30.1. The van der Waals surface area contributed by atoms with Crippen molar-refractivity contribution in [3.8, 4) is 11.5 Å². The maximum atomic E-state index is 14.1. The van der Waals surface area contributed by atoms with Crippen LogP contribution in [0, 0.1) is 9.49 Å². The molecule has 0 aromatic heterocycles. The number of nitrogens with zero attached hydrogens (tertiary/aromatic N) is 1. The molecule has 234 valence electrons. The largest absolute Gasteiger partial charge is 0.493 e. The summed E-state index contributed by atoms with van der Waals surface area (Å²) in [5.74, 6) is 1.10. The van der Waals surface area contributed by atoms with Gasteiger partial charge in [0.1, 0.15) is 12.2 Å². The van der Waals surface area contributed by atoms with Gasteiger partial charge >= 0.3 is 0 Å². The lowest BCUT2D eigenvalue weighted by Gasteiger charge is -2.44. The van der Waals surface area contributed by atoms with E-state index in [0.29, 0.717) is 38.5 Å². The highest BCUT2D eigenvalue weighted by atomic mass is 127. The Hall–Kier alpha value is -1.89. The Morgan fingerprint density at radius 2 is 1.74 bits per heavy atom. The predicted octanol–water partition coefficient (Wildman–Crippen LogP) is 4.23. The van der Waals surface area contributed by atoms with Crippen LogP contribution in [0.4, 0.5) is 0 Å². The average molecular weight is 699 g/mol. The lowest BCUT2D eigenvalue weighted by molar-refractivity contribution is -0.143. The third-order valence-electron chi connectivity index (χ3n) is 9.04. The summed E-state index contributed by atoms with van der Waals surface area (Å²) >= 11 is 2.11. The van der Waals surface area contributed by atoms with E-state index in [1.807, 2.05) is 4.90 Å². The second-order valence-electron chi connectivity index (χ2n) is 11.9. The first-order valence-corrected chi connectivity index (χ1v) is 16.7. The predicted molar refractivity (Wildman–Crippen MR) is 168 cm³/mol. The van der Waals surface area contributed by atoms with Crippen molar-refractivity contribution in [2.24, 2.45) is 5.92 Å². The number of rotatable bonds is 12. The minimum atomic E-state index is -1.07. The molecule has 0 heterocycles. The van der Waals surface area contributed by atoms with Gasteiger partial charge < -0.3 is 35.0 Å². The van der Waals surface area contributed by atoms with Gasteiger partial charge in [0.05, 0.1) is 29.9 Å². The second-order valence-corrected chi connectivity index (χ2v) is 13.1. The number of carbonyl (C=O) groups excluding carboxylic acids is 2. The van der Waals surface area contributed by atoms with Crippen molar-refractivity contribution in [2.75, 3.05) is 20.3 Å². The first kappa shape index (κ1) is 33.0. The molecule has 1 aromatic rings. The van der Waals surface area contributed by atoms with E-state index >= 15 is 0 Å². The van der Waals surface area contributed by atoms with Gasteiger partial charge in [-0.05, 0) is 71.5 Å². The first-order chi connectivity index (χ1) is 20.4. The lowest BCUT2D eigenvalue weighted by atomic mass is 9.86. The Bertz CT molecular complexity index is 1080. The number of aliphatic hydroxyl groups excluding tert-OH is 3. The van der Waals surface area contributed by atoms with Crippen LogP contribution in [0.25, 0.3) is 0 Å². The molecule has 0 saturated heterocycles. The number of amides is 2.